The van der Waals surface area contributed by atoms with Crippen LogP contribution in [0.1, 0.15) is 18.1 Å². The lowest BCUT2D eigenvalue weighted by Crippen LogP contribution is -2.21. The number of esters is 1. The summed E-state index contributed by atoms with van der Waals surface area (Å²) in [7, 11) is 0. The van der Waals surface area contributed by atoms with Gasteiger partial charge in [0.15, 0.2) is 6.04 Å². The van der Waals surface area contributed by atoms with Gasteiger partial charge in [0.1, 0.15) is 13.2 Å². The highest BCUT2D eigenvalue weighted by Crippen LogP contribution is 2.30. The molecule has 0 radical (unpaired) electrons. The number of amides is 1. The van der Waals surface area contributed by atoms with Gasteiger partial charge in [0.25, 0.3) is 0 Å². The molecule has 2 aromatic carbocycles. The van der Waals surface area contributed by atoms with Gasteiger partial charge in [-0.1, -0.05) is 60.7 Å². The molecule has 5 heteroatoms. The lowest BCUT2D eigenvalue weighted by molar-refractivity contribution is -0.145. The first-order valence-electron chi connectivity index (χ1n) is 7.86. The van der Waals surface area contributed by atoms with Crippen LogP contribution in [0.25, 0.3) is 0 Å². The van der Waals surface area contributed by atoms with Crippen molar-refractivity contribution in [1.82, 2.24) is 4.90 Å². The molecule has 3 rings (SSSR count). The summed E-state index contributed by atoms with van der Waals surface area (Å²) in [5, 5.41) is 0. The summed E-state index contributed by atoms with van der Waals surface area (Å²) >= 11 is 0. The minimum atomic E-state index is -0.558. The molecule has 0 aliphatic carbocycles. The molecule has 2 aromatic rings. The standard InChI is InChI=1S/C19H19NO4/c1-14-17(18(21)23-12-15-8-4-2-5-9-15)20(14)19(22)24-13-16-10-6-3-7-11-16/h2-11,14,17H,12-13H2,1H3/t14-,17-,20?/m0/s1. The van der Waals surface area contributed by atoms with Gasteiger partial charge in [0, 0.05) is 0 Å². The summed E-state index contributed by atoms with van der Waals surface area (Å²) in [5.74, 6) is -0.400. The highest BCUT2D eigenvalue weighted by atomic mass is 16.6. The molecule has 2 atom stereocenters. The normalized spacial score (nSPS) is 18.8. The predicted octanol–water partition coefficient (Wildman–Crippen LogP) is 3.14. The number of rotatable bonds is 5. The molecule has 0 spiro atoms. The quantitative estimate of drug-likeness (QED) is 0.626. The molecule has 5 nitrogen and oxygen atoms in total. The first-order chi connectivity index (χ1) is 11.7. The number of hydrogen-bond acceptors (Lipinski definition) is 4. The van der Waals surface area contributed by atoms with Crippen molar-refractivity contribution in [2.45, 2.75) is 32.2 Å². The molecule has 1 saturated heterocycles. The largest absolute Gasteiger partial charge is 0.459 e. The zero-order chi connectivity index (χ0) is 16.9. The van der Waals surface area contributed by atoms with Crippen LogP contribution in [-0.2, 0) is 27.5 Å². The second-order valence-electron chi connectivity index (χ2n) is 5.73. The SMILES string of the molecule is C[C@H]1[C@@H](C(=O)OCc2ccccc2)N1C(=O)OCc1ccccc1. The summed E-state index contributed by atoms with van der Waals surface area (Å²) in [5.41, 5.74) is 1.82. The third kappa shape index (κ3) is 3.74. The van der Waals surface area contributed by atoms with Crippen molar-refractivity contribution in [3.63, 3.8) is 0 Å². The van der Waals surface area contributed by atoms with Crippen LogP contribution in [0.3, 0.4) is 0 Å². The maximum Gasteiger partial charge on any atom is 0.411 e. The maximum atomic E-state index is 12.1. The number of carbonyl (C=O) groups is 2. The molecule has 1 fully saturated rings. The van der Waals surface area contributed by atoms with Crippen LogP contribution >= 0.6 is 0 Å². The van der Waals surface area contributed by atoms with Crippen molar-refractivity contribution >= 4 is 12.1 Å². The van der Waals surface area contributed by atoms with Crippen molar-refractivity contribution in [3.05, 3.63) is 71.8 Å². The van der Waals surface area contributed by atoms with Gasteiger partial charge in [0.05, 0.1) is 6.04 Å². The van der Waals surface area contributed by atoms with Gasteiger partial charge in [0.2, 0.25) is 0 Å². The summed E-state index contributed by atoms with van der Waals surface area (Å²) in [6, 6.07) is 18.1. The van der Waals surface area contributed by atoms with Gasteiger partial charge in [-0.2, -0.15) is 0 Å². The van der Waals surface area contributed by atoms with E-state index in [0.717, 1.165) is 11.1 Å². The molecule has 24 heavy (non-hydrogen) atoms. The van der Waals surface area contributed by atoms with Crippen LogP contribution in [0.15, 0.2) is 60.7 Å². The second-order valence-corrected chi connectivity index (χ2v) is 5.73. The molecule has 0 unspecified atom stereocenters. The molecular formula is C19H19NO4. The minimum Gasteiger partial charge on any atom is -0.459 e. The zero-order valence-electron chi connectivity index (χ0n) is 13.4. The van der Waals surface area contributed by atoms with E-state index in [4.69, 9.17) is 9.47 Å². The van der Waals surface area contributed by atoms with Crippen LogP contribution in [0.5, 0.6) is 0 Å². The van der Waals surface area contributed by atoms with E-state index in [0.29, 0.717) is 0 Å². The number of ether oxygens (including phenoxy) is 2. The lowest BCUT2D eigenvalue weighted by atomic mass is 10.2. The van der Waals surface area contributed by atoms with Gasteiger partial charge in [-0.05, 0) is 18.1 Å². The van der Waals surface area contributed by atoms with E-state index in [2.05, 4.69) is 0 Å². The number of hydrogen-bond donors (Lipinski definition) is 0. The van der Waals surface area contributed by atoms with Crippen LogP contribution in [0, 0.1) is 0 Å². The average molecular weight is 325 g/mol. The molecule has 0 N–H and O–H groups in total. The average Bonchev–Trinajstić information content (AvgIpc) is 3.30. The Kier molecular flexibility index (Phi) is 4.79. The lowest BCUT2D eigenvalue weighted by Gasteiger charge is -2.07. The molecule has 1 aliphatic rings. The van der Waals surface area contributed by atoms with Gasteiger partial charge < -0.3 is 9.47 Å². The molecule has 1 amide bonds. The molecule has 0 aromatic heterocycles. The fourth-order valence-electron chi connectivity index (χ4n) is 2.55. The van der Waals surface area contributed by atoms with Crippen LogP contribution in [0.2, 0.25) is 0 Å². The monoisotopic (exact) mass is 325 g/mol. The van der Waals surface area contributed by atoms with Crippen LogP contribution in [0.4, 0.5) is 4.79 Å². The Balaban J connectivity index is 1.47. The Morgan fingerprint density at radius 1 is 0.875 bits per heavy atom. The number of carbonyl (C=O) groups excluding carboxylic acids is 2. The van der Waals surface area contributed by atoms with Crippen molar-refractivity contribution in [1.29, 1.82) is 0 Å². The Bertz CT molecular complexity index is 640. The fourth-order valence-corrected chi connectivity index (χ4v) is 2.55. The predicted molar refractivity (Wildman–Crippen MR) is 88.0 cm³/mol. The smallest absolute Gasteiger partial charge is 0.411 e. The summed E-state index contributed by atoms with van der Waals surface area (Å²) < 4.78 is 10.5. The third-order valence-corrected chi connectivity index (χ3v) is 3.99. The van der Waals surface area contributed by atoms with Gasteiger partial charge in [-0.15, -0.1) is 0 Å². The first kappa shape index (κ1) is 16.1. The highest BCUT2D eigenvalue weighted by molar-refractivity contribution is 5.88. The van der Waals surface area contributed by atoms with Gasteiger partial charge in [-0.25, -0.2) is 9.59 Å². The van der Waals surface area contributed by atoms with E-state index in [1.807, 2.05) is 60.7 Å². The van der Waals surface area contributed by atoms with Crippen molar-refractivity contribution in [2.24, 2.45) is 0 Å². The van der Waals surface area contributed by atoms with Crippen LogP contribution in [-0.4, -0.2) is 29.0 Å². The van der Waals surface area contributed by atoms with E-state index < -0.39 is 18.1 Å². The molecule has 124 valence electrons. The molecular weight excluding hydrogens is 306 g/mol. The van der Waals surface area contributed by atoms with Crippen molar-refractivity contribution < 1.29 is 19.1 Å². The van der Waals surface area contributed by atoms with E-state index in [-0.39, 0.29) is 19.3 Å². The minimum absolute atomic E-state index is 0.189. The highest BCUT2D eigenvalue weighted by Gasteiger charge is 2.54. The number of benzene rings is 2. The van der Waals surface area contributed by atoms with Gasteiger partial charge in [-0.3, -0.25) is 4.90 Å². The summed E-state index contributed by atoms with van der Waals surface area (Å²) in [6.07, 6.45) is -0.493. The zero-order valence-corrected chi connectivity index (χ0v) is 13.4. The van der Waals surface area contributed by atoms with Crippen molar-refractivity contribution in [2.75, 3.05) is 0 Å². The van der Waals surface area contributed by atoms with Gasteiger partial charge >= 0.3 is 12.1 Å². The second kappa shape index (κ2) is 7.17. The molecule has 1 heterocycles. The summed E-state index contributed by atoms with van der Waals surface area (Å²) in [4.78, 5) is 25.6. The van der Waals surface area contributed by atoms with E-state index >= 15 is 0 Å². The third-order valence-electron chi connectivity index (χ3n) is 3.99. The molecule has 0 bridgehead atoms. The Hall–Kier alpha value is -2.82. The first-order valence-corrected chi connectivity index (χ1v) is 7.86. The van der Waals surface area contributed by atoms with E-state index in [1.54, 1.807) is 6.92 Å². The number of nitrogens with zero attached hydrogens (tertiary/aromatic N) is 1. The Morgan fingerprint density at radius 2 is 1.38 bits per heavy atom. The molecule has 1 aliphatic heterocycles. The van der Waals surface area contributed by atoms with E-state index in [9.17, 15) is 9.59 Å². The summed E-state index contributed by atoms with van der Waals surface area (Å²) in [6.45, 7) is 2.20. The molecule has 0 saturated carbocycles. The topological polar surface area (TPSA) is 55.6 Å². The van der Waals surface area contributed by atoms with E-state index in [1.165, 1.54) is 4.90 Å². The maximum absolute atomic E-state index is 12.1. The van der Waals surface area contributed by atoms with Crippen LogP contribution < -0.4 is 0 Å². The Morgan fingerprint density at radius 3 is 1.92 bits per heavy atom. The Labute approximate surface area is 140 Å². The van der Waals surface area contributed by atoms with Crippen molar-refractivity contribution in [3.8, 4) is 0 Å². The fraction of sp³-hybridized carbons (Fsp3) is 0.263.